The summed E-state index contributed by atoms with van der Waals surface area (Å²) in [4.78, 5) is 16.9. The number of carboxylic acid groups (broad SMARTS) is 1. The number of anilines is 1. The van der Waals surface area contributed by atoms with Gasteiger partial charge < -0.3 is 14.7 Å². The van der Waals surface area contributed by atoms with E-state index < -0.39 is 11.8 Å². The van der Waals surface area contributed by atoms with Crippen LogP contribution in [-0.2, 0) is 4.74 Å². The lowest BCUT2D eigenvalue weighted by molar-refractivity contribution is 0.0522. The molecule has 1 aromatic rings. The van der Waals surface area contributed by atoms with Gasteiger partial charge >= 0.3 is 5.97 Å². The summed E-state index contributed by atoms with van der Waals surface area (Å²) in [6.07, 6.45) is 2.98. The number of ether oxygens (including phenoxy) is 1. The third kappa shape index (κ3) is 3.20. The zero-order chi connectivity index (χ0) is 13.8. The number of piperidine rings is 1. The van der Waals surface area contributed by atoms with E-state index in [0.29, 0.717) is 25.5 Å². The van der Waals surface area contributed by atoms with E-state index in [1.54, 1.807) is 0 Å². The Balaban J connectivity index is 2.23. The quantitative estimate of drug-likeness (QED) is 0.904. The largest absolute Gasteiger partial charge is 0.478 e. The second-order valence-electron chi connectivity index (χ2n) is 4.50. The highest BCUT2D eigenvalue weighted by Crippen LogP contribution is 2.23. The number of halogens is 1. The first-order valence-electron chi connectivity index (χ1n) is 6.37. The summed E-state index contributed by atoms with van der Waals surface area (Å²) in [6.45, 7) is 3.86. The fraction of sp³-hybridized carbons (Fsp3) is 0.538. The van der Waals surface area contributed by atoms with Gasteiger partial charge in [0.15, 0.2) is 0 Å². The highest BCUT2D eigenvalue weighted by Gasteiger charge is 2.25. The van der Waals surface area contributed by atoms with Gasteiger partial charge in [-0.15, -0.1) is 0 Å². The fourth-order valence-electron chi connectivity index (χ4n) is 2.34. The SMILES string of the molecule is CCOC1CCCN(c2ncc(F)cc2C(=O)O)C1. The molecule has 6 heteroatoms. The maximum atomic E-state index is 13.1. The molecule has 1 aromatic heterocycles. The minimum atomic E-state index is -1.17. The standard InChI is InChI=1S/C13H17FN2O3/c1-2-19-10-4-3-5-16(8-10)12-11(13(17)18)6-9(14)7-15-12/h6-7,10H,2-5,8H2,1H3,(H,17,18). The van der Waals surface area contributed by atoms with E-state index in [0.717, 1.165) is 25.1 Å². The van der Waals surface area contributed by atoms with E-state index in [-0.39, 0.29) is 11.7 Å². The van der Waals surface area contributed by atoms with Crippen LogP contribution in [0.3, 0.4) is 0 Å². The molecule has 1 aliphatic rings. The van der Waals surface area contributed by atoms with E-state index in [4.69, 9.17) is 9.84 Å². The second kappa shape index (κ2) is 5.97. The molecule has 5 nitrogen and oxygen atoms in total. The maximum Gasteiger partial charge on any atom is 0.339 e. The molecule has 1 fully saturated rings. The molecule has 1 atom stereocenters. The summed E-state index contributed by atoms with van der Waals surface area (Å²) < 4.78 is 18.7. The van der Waals surface area contributed by atoms with Crippen LogP contribution in [0.1, 0.15) is 30.1 Å². The summed E-state index contributed by atoms with van der Waals surface area (Å²) in [7, 11) is 0. The van der Waals surface area contributed by atoms with Crippen LogP contribution in [0.5, 0.6) is 0 Å². The highest BCUT2D eigenvalue weighted by atomic mass is 19.1. The van der Waals surface area contributed by atoms with Crippen molar-refractivity contribution in [1.82, 2.24) is 4.98 Å². The van der Waals surface area contributed by atoms with E-state index in [1.165, 1.54) is 0 Å². The van der Waals surface area contributed by atoms with E-state index in [1.807, 2.05) is 11.8 Å². The molecule has 0 spiro atoms. The fourth-order valence-corrected chi connectivity index (χ4v) is 2.34. The van der Waals surface area contributed by atoms with Gasteiger partial charge in [0.05, 0.1) is 12.3 Å². The summed E-state index contributed by atoms with van der Waals surface area (Å²) in [5, 5.41) is 9.13. The Morgan fingerprint density at radius 3 is 3.16 bits per heavy atom. The van der Waals surface area contributed by atoms with Crippen molar-refractivity contribution in [3.63, 3.8) is 0 Å². The molecule has 0 aliphatic carbocycles. The number of nitrogens with zero attached hydrogens (tertiary/aromatic N) is 2. The minimum absolute atomic E-state index is 0.0762. The molecule has 0 bridgehead atoms. The lowest BCUT2D eigenvalue weighted by atomic mass is 10.1. The monoisotopic (exact) mass is 268 g/mol. The normalized spacial score (nSPS) is 19.5. The maximum absolute atomic E-state index is 13.1. The number of hydrogen-bond donors (Lipinski definition) is 1. The topological polar surface area (TPSA) is 62.7 Å². The van der Waals surface area contributed by atoms with Crippen molar-refractivity contribution in [1.29, 1.82) is 0 Å². The lowest BCUT2D eigenvalue weighted by Gasteiger charge is -2.33. The van der Waals surface area contributed by atoms with E-state index >= 15 is 0 Å². The number of pyridine rings is 1. The van der Waals surface area contributed by atoms with Gasteiger partial charge in [-0.1, -0.05) is 0 Å². The third-order valence-corrected chi connectivity index (χ3v) is 3.14. The van der Waals surface area contributed by atoms with Crippen LogP contribution in [0, 0.1) is 5.82 Å². The third-order valence-electron chi connectivity index (χ3n) is 3.14. The molecule has 0 aromatic carbocycles. The predicted molar refractivity (Wildman–Crippen MR) is 68.0 cm³/mol. The average Bonchev–Trinajstić information content (AvgIpc) is 2.39. The minimum Gasteiger partial charge on any atom is -0.478 e. The van der Waals surface area contributed by atoms with Crippen molar-refractivity contribution in [2.24, 2.45) is 0 Å². The van der Waals surface area contributed by atoms with Gasteiger partial charge in [0, 0.05) is 19.7 Å². The van der Waals surface area contributed by atoms with Gasteiger partial charge in [0.25, 0.3) is 0 Å². The summed E-state index contributed by atoms with van der Waals surface area (Å²) in [6, 6.07) is 1.01. The van der Waals surface area contributed by atoms with Crippen LogP contribution in [0.15, 0.2) is 12.3 Å². The Morgan fingerprint density at radius 1 is 1.68 bits per heavy atom. The van der Waals surface area contributed by atoms with Crippen molar-refractivity contribution >= 4 is 11.8 Å². The molecular formula is C13H17FN2O3. The molecule has 1 unspecified atom stereocenters. The molecule has 2 heterocycles. The van der Waals surface area contributed by atoms with Gasteiger partial charge in [0.1, 0.15) is 17.2 Å². The molecule has 2 rings (SSSR count). The molecule has 1 aliphatic heterocycles. The first-order chi connectivity index (χ1) is 9.11. The van der Waals surface area contributed by atoms with Crippen molar-refractivity contribution in [2.75, 3.05) is 24.6 Å². The molecule has 104 valence electrons. The van der Waals surface area contributed by atoms with Crippen molar-refractivity contribution in [3.8, 4) is 0 Å². The molecule has 1 N–H and O–H groups in total. The Labute approximate surface area is 111 Å². The summed E-state index contributed by atoms with van der Waals surface area (Å²) in [5.41, 5.74) is -0.0999. The van der Waals surface area contributed by atoms with E-state index in [2.05, 4.69) is 4.98 Å². The zero-order valence-electron chi connectivity index (χ0n) is 10.8. The zero-order valence-corrected chi connectivity index (χ0v) is 10.8. The van der Waals surface area contributed by atoms with Crippen LogP contribution in [0.25, 0.3) is 0 Å². The first-order valence-corrected chi connectivity index (χ1v) is 6.37. The van der Waals surface area contributed by atoms with Crippen molar-refractivity contribution in [3.05, 3.63) is 23.6 Å². The van der Waals surface area contributed by atoms with Gasteiger partial charge in [-0.05, 0) is 25.8 Å². The number of aromatic carboxylic acids is 1. The Bertz CT molecular complexity index is 465. The molecule has 19 heavy (non-hydrogen) atoms. The van der Waals surface area contributed by atoms with Gasteiger partial charge in [-0.2, -0.15) is 0 Å². The van der Waals surface area contributed by atoms with Crippen LogP contribution in [0.2, 0.25) is 0 Å². The van der Waals surface area contributed by atoms with Crippen molar-refractivity contribution in [2.45, 2.75) is 25.9 Å². The second-order valence-corrected chi connectivity index (χ2v) is 4.50. The van der Waals surface area contributed by atoms with Crippen LogP contribution in [0.4, 0.5) is 10.2 Å². The number of aromatic nitrogens is 1. The first kappa shape index (κ1) is 13.7. The van der Waals surface area contributed by atoms with Crippen LogP contribution in [-0.4, -0.2) is 41.9 Å². The molecular weight excluding hydrogens is 251 g/mol. The number of rotatable bonds is 4. The molecule has 0 amide bonds. The predicted octanol–water partition coefficient (Wildman–Crippen LogP) is 1.92. The summed E-state index contributed by atoms with van der Waals surface area (Å²) >= 11 is 0. The van der Waals surface area contributed by atoms with E-state index in [9.17, 15) is 9.18 Å². The Hall–Kier alpha value is -1.69. The number of hydrogen-bond acceptors (Lipinski definition) is 4. The summed E-state index contributed by atoms with van der Waals surface area (Å²) in [5.74, 6) is -1.49. The lowest BCUT2D eigenvalue weighted by Crippen LogP contribution is -2.41. The van der Waals surface area contributed by atoms with Gasteiger partial charge in [-0.3, -0.25) is 0 Å². The van der Waals surface area contributed by atoms with Gasteiger partial charge in [-0.25, -0.2) is 14.2 Å². The van der Waals surface area contributed by atoms with Crippen LogP contribution < -0.4 is 4.90 Å². The molecule has 1 saturated heterocycles. The van der Waals surface area contributed by atoms with Gasteiger partial charge in [0.2, 0.25) is 0 Å². The average molecular weight is 268 g/mol. The Morgan fingerprint density at radius 2 is 2.47 bits per heavy atom. The highest BCUT2D eigenvalue weighted by molar-refractivity contribution is 5.93. The number of carbonyl (C=O) groups is 1. The van der Waals surface area contributed by atoms with Crippen LogP contribution >= 0.6 is 0 Å². The molecule has 0 saturated carbocycles. The smallest absolute Gasteiger partial charge is 0.339 e. The number of carboxylic acids is 1. The molecule has 0 radical (unpaired) electrons. The Kier molecular flexibility index (Phi) is 4.31. The van der Waals surface area contributed by atoms with Crippen molar-refractivity contribution < 1.29 is 19.0 Å².